The van der Waals surface area contributed by atoms with Crippen molar-refractivity contribution in [3.8, 4) is 0 Å². The Hall–Kier alpha value is -2.37. The molecule has 0 aromatic heterocycles. The highest BCUT2D eigenvalue weighted by atomic mass is 16.4. The molecule has 0 saturated heterocycles. The highest BCUT2D eigenvalue weighted by molar-refractivity contribution is 6.00. The summed E-state index contributed by atoms with van der Waals surface area (Å²) >= 11 is 0. The lowest BCUT2D eigenvalue weighted by Crippen LogP contribution is -2.44. The van der Waals surface area contributed by atoms with Crippen molar-refractivity contribution in [3.63, 3.8) is 0 Å². The topological polar surface area (TPSA) is 86.7 Å². The van der Waals surface area contributed by atoms with Crippen LogP contribution in [0.2, 0.25) is 0 Å². The van der Waals surface area contributed by atoms with Crippen molar-refractivity contribution < 1.29 is 19.5 Å². The fourth-order valence-electron chi connectivity index (χ4n) is 1.90. The van der Waals surface area contributed by atoms with Crippen LogP contribution in [0.4, 0.5) is 0 Å². The number of rotatable bonds is 6. The van der Waals surface area contributed by atoms with Crippen molar-refractivity contribution in [1.29, 1.82) is 0 Å². The highest BCUT2D eigenvalue weighted by Crippen LogP contribution is 2.10. The smallest absolute Gasteiger partial charge is 0.326 e. The molecular formula is C16H22N2O4. The van der Waals surface area contributed by atoms with Crippen molar-refractivity contribution in [2.75, 3.05) is 13.6 Å². The fraction of sp³-hybridized carbons (Fsp3) is 0.438. The minimum Gasteiger partial charge on any atom is -0.480 e. The first-order valence-electron chi connectivity index (χ1n) is 7.17. The lowest BCUT2D eigenvalue weighted by molar-refractivity contribution is -0.140. The van der Waals surface area contributed by atoms with Crippen molar-refractivity contribution >= 4 is 17.8 Å². The predicted octanol–water partition coefficient (Wildman–Crippen LogP) is 1.62. The average molecular weight is 306 g/mol. The number of hydrogen-bond donors (Lipinski definition) is 2. The maximum Gasteiger partial charge on any atom is 0.326 e. The molecule has 0 aliphatic carbocycles. The third-order valence-corrected chi connectivity index (χ3v) is 3.41. The Morgan fingerprint density at radius 3 is 2.32 bits per heavy atom. The standard InChI is InChI=1S/C16H22N2O4/c1-5-18(4)15(20)12-8-6-7-11(9-12)14(19)17-13(10(2)3)16(21)22/h6-10,13H,5H2,1-4H3,(H,17,19)(H,21,22)/t13-/m1/s1. The lowest BCUT2D eigenvalue weighted by Gasteiger charge is -2.18. The molecule has 0 fully saturated rings. The van der Waals surface area contributed by atoms with E-state index in [2.05, 4.69) is 5.32 Å². The summed E-state index contributed by atoms with van der Waals surface area (Å²) in [6.45, 7) is 5.85. The number of carboxylic acids is 1. The van der Waals surface area contributed by atoms with E-state index in [1.54, 1.807) is 39.1 Å². The SMILES string of the molecule is CCN(C)C(=O)c1cccc(C(=O)N[C@@H](C(=O)O)C(C)C)c1. The highest BCUT2D eigenvalue weighted by Gasteiger charge is 2.24. The van der Waals surface area contributed by atoms with Gasteiger partial charge in [-0.1, -0.05) is 19.9 Å². The fourth-order valence-corrected chi connectivity index (χ4v) is 1.90. The Morgan fingerprint density at radius 1 is 1.23 bits per heavy atom. The summed E-state index contributed by atoms with van der Waals surface area (Å²) in [4.78, 5) is 36.9. The Bertz CT molecular complexity index is 569. The molecule has 2 amide bonds. The molecule has 0 bridgehead atoms. The van der Waals surface area contributed by atoms with Crippen molar-refractivity contribution in [3.05, 3.63) is 35.4 Å². The number of carboxylic acid groups (broad SMARTS) is 1. The number of amides is 2. The second kappa shape index (κ2) is 7.59. The van der Waals surface area contributed by atoms with Crippen LogP contribution in [0.25, 0.3) is 0 Å². The Kier molecular flexibility index (Phi) is 6.10. The second-order valence-corrected chi connectivity index (χ2v) is 5.43. The first-order valence-corrected chi connectivity index (χ1v) is 7.17. The van der Waals surface area contributed by atoms with Crippen molar-refractivity contribution in [2.24, 2.45) is 5.92 Å². The first kappa shape index (κ1) is 17.7. The second-order valence-electron chi connectivity index (χ2n) is 5.43. The molecule has 6 heteroatoms. The van der Waals surface area contributed by atoms with Gasteiger partial charge in [0, 0.05) is 24.7 Å². The first-order chi connectivity index (χ1) is 10.3. The minimum atomic E-state index is -1.08. The molecule has 0 radical (unpaired) electrons. The molecule has 0 saturated carbocycles. The number of aliphatic carboxylic acids is 1. The molecule has 120 valence electrons. The summed E-state index contributed by atoms with van der Waals surface area (Å²) in [6, 6.07) is 5.30. The Balaban J connectivity index is 2.95. The van der Waals surface area contributed by atoms with Gasteiger partial charge >= 0.3 is 5.97 Å². The van der Waals surface area contributed by atoms with Crippen molar-refractivity contribution in [2.45, 2.75) is 26.8 Å². The number of nitrogens with zero attached hydrogens (tertiary/aromatic N) is 1. The number of nitrogens with one attached hydrogen (secondary N) is 1. The van der Waals surface area contributed by atoms with Crippen LogP contribution in [0.15, 0.2) is 24.3 Å². The van der Waals surface area contributed by atoms with Crippen LogP contribution in [0.1, 0.15) is 41.5 Å². The van der Waals surface area contributed by atoms with E-state index >= 15 is 0 Å². The van der Waals surface area contributed by atoms with E-state index in [1.165, 1.54) is 11.0 Å². The van der Waals surface area contributed by atoms with Crippen LogP contribution in [0.5, 0.6) is 0 Å². The van der Waals surface area contributed by atoms with E-state index < -0.39 is 17.9 Å². The predicted molar refractivity (Wildman–Crippen MR) is 82.8 cm³/mol. The number of carbonyl (C=O) groups is 3. The van der Waals surface area contributed by atoms with Crippen LogP contribution in [-0.2, 0) is 4.79 Å². The summed E-state index contributed by atoms with van der Waals surface area (Å²) in [5.74, 6) is -2.01. The summed E-state index contributed by atoms with van der Waals surface area (Å²) in [5, 5.41) is 11.6. The van der Waals surface area contributed by atoms with Crippen LogP contribution >= 0.6 is 0 Å². The maximum atomic E-state index is 12.2. The maximum absolute atomic E-state index is 12.2. The van der Waals surface area contributed by atoms with Crippen LogP contribution in [0.3, 0.4) is 0 Å². The normalized spacial score (nSPS) is 11.9. The zero-order valence-corrected chi connectivity index (χ0v) is 13.3. The molecule has 0 spiro atoms. The van der Waals surface area contributed by atoms with E-state index in [0.29, 0.717) is 12.1 Å². The molecule has 1 aromatic carbocycles. The third kappa shape index (κ3) is 4.31. The molecular weight excluding hydrogens is 284 g/mol. The van der Waals surface area contributed by atoms with Gasteiger partial charge in [-0.2, -0.15) is 0 Å². The molecule has 0 aliphatic heterocycles. The van der Waals surface area contributed by atoms with Gasteiger partial charge in [0.2, 0.25) is 0 Å². The van der Waals surface area contributed by atoms with Gasteiger partial charge in [-0.15, -0.1) is 0 Å². The molecule has 1 rings (SSSR count). The van der Waals surface area contributed by atoms with Gasteiger partial charge in [0.1, 0.15) is 6.04 Å². The van der Waals surface area contributed by atoms with Gasteiger partial charge in [0.15, 0.2) is 0 Å². The van der Waals surface area contributed by atoms with E-state index in [-0.39, 0.29) is 17.4 Å². The van der Waals surface area contributed by atoms with Crippen molar-refractivity contribution in [1.82, 2.24) is 10.2 Å². The van der Waals surface area contributed by atoms with E-state index in [0.717, 1.165) is 0 Å². The molecule has 22 heavy (non-hydrogen) atoms. The molecule has 0 heterocycles. The van der Waals surface area contributed by atoms with E-state index in [1.807, 2.05) is 6.92 Å². The van der Waals surface area contributed by atoms with E-state index in [4.69, 9.17) is 5.11 Å². The van der Waals surface area contributed by atoms with Gasteiger partial charge < -0.3 is 15.3 Å². The zero-order valence-electron chi connectivity index (χ0n) is 13.3. The largest absolute Gasteiger partial charge is 0.480 e. The third-order valence-electron chi connectivity index (χ3n) is 3.41. The molecule has 6 nitrogen and oxygen atoms in total. The number of carbonyl (C=O) groups excluding carboxylic acids is 2. The summed E-state index contributed by atoms with van der Waals surface area (Å²) in [6.07, 6.45) is 0. The Labute approximate surface area is 130 Å². The Morgan fingerprint density at radius 2 is 1.82 bits per heavy atom. The van der Waals surface area contributed by atoms with Gasteiger partial charge in [-0.25, -0.2) is 4.79 Å². The molecule has 0 aliphatic rings. The monoisotopic (exact) mass is 306 g/mol. The number of benzene rings is 1. The summed E-state index contributed by atoms with van der Waals surface area (Å²) in [7, 11) is 1.67. The molecule has 0 unspecified atom stereocenters. The number of hydrogen-bond acceptors (Lipinski definition) is 3. The van der Waals surface area contributed by atoms with Crippen LogP contribution < -0.4 is 5.32 Å². The van der Waals surface area contributed by atoms with Crippen LogP contribution in [-0.4, -0.2) is 47.4 Å². The summed E-state index contributed by atoms with van der Waals surface area (Å²) in [5.41, 5.74) is 0.663. The quantitative estimate of drug-likeness (QED) is 0.836. The minimum absolute atomic E-state index is 0.184. The van der Waals surface area contributed by atoms with Gasteiger partial charge in [0.25, 0.3) is 11.8 Å². The zero-order chi connectivity index (χ0) is 16.9. The average Bonchev–Trinajstić information content (AvgIpc) is 2.50. The van der Waals surface area contributed by atoms with E-state index in [9.17, 15) is 14.4 Å². The summed E-state index contributed by atoms with van der Waals surface area (Å²) < 4.78 is 0. The molecule has 1 aromatic rings. The molecule has 1 atom stereocenters. The van der Waals surface area contributed by atoms with Crippen LogP contribution in [0, 0.1) is 5.92 Å². The van der Waals surface area contributed by atoms with Gasteiger partial charge in [-0.05, 0) is 31.0 Å². The van der Waals surface area contributed by atoms with Gasteiger partial charge in [0.05, 0.1) is 0 Å². The van der Waals surface area contributed by atoms with Gasteiger partial charge in [-0.3, -0.25) is 9.59 Å². The molecule has 2 N–H and O–H groups in total. The lowest BCUT2D eigenvalue weighted by atomic mass is 10.0.